The van der Waals surface area contributed by atoms with E-state index in [9.17, 15) is 24.0 Å². The number of aromatic nitrogens is 2. The van der Waals surface area contributed by atoms with Crippen LogP contribution in [0.1, 0.15) is 46.0 Å². The van der Waals surface area contributed by atoms with Crippen molar-refractivity contribution < 1.29 is 14.4 Å². The lowest BCUT2D eigenvalue weighted by molar-refractivity contribution is -0.143. The minimum absolute atomic E-state index is 0.100. The molecule has 1 aromatic heterocycles. The van der Waals surface area contributed by atoms with Crippen LogP contribution in [0.25, 0.3) is 0 Å². The molecule has 31 heavy (non-hydrogen) atoms. The van der Waals surface area contributed by atoms with E-state index in [1.54, 1.807) is 0 Å². The summed E-state index contributed by atoms with van der Waals surface area (Å²) in [5, 5.41) is 0. The molecule has 0 radical (unpaired) electrons. The first-order chi connectivity index (χ1) is 14.8. The first kappa shape index (κ1) is 22.5. The van der Waals surface area contributed by atoms with Crippen LogP contribution in [0.4, 0.5) is 11.5 Å². The number of rotatable bonds is 8. The van der Waals surface area contributed by atoms with Crippen LogP contribution in [-0.2, 0) is 20.9 Å². The van der Waals surface area contributed by atoms with Crippen molar-refractivity contribution in [1.29, 1.82) is 0 Å². The molecule has 0 saturated carbocycles. The number of nitrogens with one attached hydrogen (secondary N) is 1. The molecule has 0 unspecified atom stereocenters. The van der Waals surface area contributed by atoms with Gasteiger partial charge in [-0.15, -0.1) is 0 Å². The Hall–Kier alpha value is -3.17. The molecule has 2 atom stereocenters. The van der Waals surface area contributed by atoms with Gasteiger partial charge in [0.15, 0.2) is 5.69 Å². The normalized spacial score (nSPS) is 20.3. The van der Waals surface area contributed by atoms with Crippen molar-refractivity contribution in [1.82, 2.24) is 14.5 Å². The standard InChI is InChI=1S/C21H29N5O5/c1-3-5-11-24(16-17(22)25(10-4-2)21(31)23-18(16)28)15(27)12-26-19(29)13-8-6-7-9-14(13)20(26)30/h6-7,13-14H,3-5,8-12,22H2,1-2H3,(H,23,28,31)/t13-,14-/m1/s1. The number of aromatic amines is 1. The lowest BCUT2D eigenvalue weighted by atomic mass is 9.85. The molecule has 3 rings (SSSR count). The topological polar surface area (TPSA) is 139 Å². The lowest BCUT2D eigenvalue weighted by Crippen LogP contribution is -2.47. The second kappa shape index (κ2) is 9.32. The summed E-state index contributed by atoms with van der Waals surface area (Å²) in [6, 6.07) is 0. The van der Waals surface area contributed by atoms with Crippen molar-refractivity contribution in [2.45, 2.75) is 52.5 Å². The molecule has 10 heteroatoms. The third kappa shape index (κ3) is 4.19. The van der Waals surface area contributed by atoms with Gasteiger partial charge in [-0.3, -0.25) is 33.6 Å². The van der Waals surface area contributed by atoms with Gasteiger partial charge in [-0.05, 0) is 25.7 Å². The molecule has 0 bridgehead atoms. The van der Waals surface area contributed by atoms with Crippen molar-refractivity contribution in [3.05, 3.63) is 33.0 Å². The zero-order valence-electron chi connectivity index (χ0n) is 17.9. The van der Waals surface area contributed by atoms with E-state index in [2.05, 4.69) is 4.98 Å². The number of H-pyrrole nitrogens is 1. The van der Waals surface area contributed by atoms with Crippen molar-refractivity contribution >= 4 is 29.2 Å². The Morgan fingerprint density at radius 1 is 1.10 bits per heavy atom. The van der Waals surface area contributed by atoms with E-state index in [4.69, 9.17) is 5.73 Å². The molecule has 168 valence electrons. The van der Waals surface area contributed by atoms with Crippen molar-refractivity contribution in [3.8, 4) is 0 Å². The lowest BCUT2D eigenvalue weighted by Gasteiger charge is -2.26. The van der Waals surface area contributed by atoms with Gasteiger partial charge in [0.1, 0.15) is 12.4 Å². The summed E-state index contributed by atoms with van der Waals surface area (Å²) in [6.45, 7) is 3.79. The highest BCUT2D eigenvalue weighted by Gasteiger charge is 2.48. The highest BCUT2D eigenvalue weighted by Crippen LogP contribution is 2.35. The molecule has 1 aromatic rings. The van der Waals surface area contributed by atoms with Crippen molar-refractivity contribution in [2.75, 3.05) is 23.7 Å². The van der Waals surface area contributed by atoms with Crippen LogP contribution in [0.2, 0.25) is 0 Å². The van der Waals surface area contributed by atoms with E-state index < -0.39 is 35.5 Å². The molecular weight excluding hydrogens is 402 g/mol. The van der Waals surface area contributed by atoms with Gasteiger partial charge in [0, 0.05) is 13.1 Å². The summed E-state index contributed by atoms with van der Waals surface area (Å²) in [6.07, 6.45) is 6.64. The molecule has 1 fully saturated rings. The van der Waals surface area contributed by atoms with E-state index in [1.165, 1.54) is 9.47 Å². The van der Waals surface area contributed by atoms with E-state index in [-0.39, 0.29) is 36.4 Å². The van der Waals surface area contributed by atoms with E-state index in [0.717, 1.165) is 11.3 Å². The summed E-state index contributed by atoms with van der Waals surface area (Å²) in [5.74, 6) is -2.27. The van der Waals surface area contributed by atoms with E-state index in [1.807, 2.05) is 26.0 Å². The van der Waals surface area contributed by atoms with Crippen molar-refractivity contribution in [3.63, 3.8) is 0 Å². The number of anilines is 2. The molecule has 0 spiro atoms. The summed E-state index contributed by atoms with van der Waals surface area (Å²) in [5.41, 5.74) is 4.60. The zero-order chi connectivity index (χ0) is 22.7. The average Bonchev–Trinajstić information content (AvgIpc) is 2.98. The fraction of sp³-hybridized carbons (Fsp3) is 0.571. The highest BCUT2D eigenvalue weighted by molar-refractivity contribution is 6.09. The van der Waals surface area contributed by atoms with Gasteiger partial charge in [0.2, 0.25) is 17.7 Å². The number of fused-ring (bicyclic) bond motifs is 1. The minimum Gasteiger partial charge on any atom is -0.383 e. The molecule has 1 aliphatic carbocycles. The summed E-state index contributed by atoms with van der Waals surface area (Å²) in [7, 11) is 0. The number of hydrogen-bond acceptors (Lipinski definition) is 6. The molecule has 0 aromatic carbocycles. The van der Waals surface area contributed by atoms with Crippen LogP contribution in [0.15, 0.2) is 21.7 Å². The van der Waals surface area contributed by atoms with E-state index in [0.29, 0.717) is 25.7 Å². The number of nitrogens with two attached hydrogens (primary N) is 1. The monoisotopic (exact) mass is 431 g/mol. The molecule has 10 nitrogen and oxygen atoms in total. The smallest absolute Gasteiger partial charge is 0.330 e. The fourth-order valence-electron chi connectivity index (χ4n) is 4.21. The van der Waals surface area contributed by atoms with Gasteiger partial charge in [-0.25, -0.2) is 4.79 Å². The number of allylic oxidation sites excluding steroid dienone is 2. The second-order valence-electron chi connectivity index (χ2n) is 7.96. The fourth-order valence-corrected chi connectivity index (χ4v) is 4.21. The Morgan fingerprint density at radius 3 is 2.26 bits per heavy atom. The molecule has 2 aliphatic rings. The molecule has 1 aliphatic heterocycles. The predicted octanol–water partition coefficient (Wildman–Crippen LogP) is 0.613. The van der Waals surface area contributed by atoms with Crippen molar-refractivity contribution in [2.24, 2.45) is 11.8 Å². The summed E-state index contributed by atoms with van der Waals surface area (Å²) < 4.78 is 1.22. The molecule has 3 amide bonds. The molecule has 3 N–H and O–H groups in total. The summed E-state index contributed by atoms with van der Waals surface area (Å²) in [4.78, 5) is 67.9. The zero-order valence-corrected chi connectivity index (χ0v) is 17.9. The largest absolute Gasteiger partial charge is 0.383 e. The first-order valence-electron chi connectivity index (χ1n) is 10.7. The number of nitrogens with zero attached hydrogens (tertiary/aromatic N) is 3. The van der Waals surface area contributed by atoms with Gasteiger partial charge in [-0.2, -0.15) is 0 Å². The second-order valence-corrected chi connectivity index (χ2v) is 7.96. The molecule has 2 heterocycles. The number of imide groups is 1. The maximum Gasteiger partial charge on any atom is 0.330 e. The number of unbranched alkanes of at least 4 members (excludes halogenated alkanes) is 1. The number of likely N-dealkylation sites (tertiary alicyclic amines) is 1. The van der Waals surface area contributed by atoms with Gasteiger partial charge >= 0.3 is 5.69 Å². The Balaban J connectivity index is 1.93. The van der Waals surface area contributed by atoms with Crippen LogP contribution in [0.3, 0.4) is 0 Å². The molecule has 1 saturated heterocycles. The quantitative estimate of drug-likeness (QED) is 0.457. The Kier molecular flexibility index (Phi) is 6.77. The van der Waals surface area contributed by atoms with E-state index >= 15 is 0 Å². The third-order valence-corrected chi connectivity index (χ3v) is 5.86. The number of carbonyl (C=O) groups excluding carboxylic acids is 3. The highest BCUT2D eigenvalue weighted by atomic mass is 16.2. The number of hydrogen-bond donors (Lipinski definition) is 2. The van der Waals surface area contributed by atoms with Crippen LogP contribution in [0, 0.1) is 11.8 Å². The first-order valence-corrected chi connectivity index (χ1v) is 10.7. The number of carbonyl (C=O) groups is 3. The SMILES string of the molecule is CCCCN(C(=O)CN1C(=O)[C@@H]2CC=CC[C@H]2C1=O)c1c(N)n(CCC)c(=O)[nH]c1=O. The Morgan fingerprint density at radius 2 is 1.71 bits per heavy atom. The van der Waals surface area contributed by atoms with Crippen LogP contribution in [0.5, 0.6) is 0 Å². The maximum atomic E-state index is 13.2. The minimum atomic E-state index is -0.767. The van der Waals surface area contributed by atoms with Gasteiger partial charge in [-0.1, -0.05) is 32.4 Å². The maximum absolute atomic E-state index is 13.2. The number of nitrogen functional groups attached to an aromatic ring is 1. The van der Waals surface area contributed by atoms with Gasteiger partial charge in [0.05, 0.1) is 11.8 Å². The summed E-state index contributed by atoms with van der Waals surface area (Å²) >= 11 is 0. The number of amides is 3. The van der Waals surface area contributed by atoms with Crippen LogP contribution < -0.4 is 21.9 Å². The third-order valence-electron chi connectivity index (χ3n) is 5.86. The van der Waals surface area contributed by atoms with Crippen LogP contribution >= 0.6 is 0 Å². The Labute approximate surface area is 179 Å². The molecular formula is C21H29N5O5. The predicted molar refractivity (Wildman–Crippen MR) is 115 cm³/mol. The van der Waals surface area contributed by atoms with Crippen LogP contribution in [-0.4, -0.2) is 45.3 Å². The van der Waals surface area contributed by atoms with Gasteiger partial charge in [0.25, 0.3) is 5.56 Å². The average molecular weight is 431 g/mol. The Bertz CT molecular complexity index is 998. The van der Waals surface area contributed by atoms with Gasteiger partial charge < -0.3 is 10.6 Å².